The van der Waals surface area contributed by atoms with Crippen molar-refractivity contribution in [2.24, 2.45) is 15.4 Å². The third-order valence-corrected chi connectivity index (χ3v) is 5.35. The molecule has 0 atom stereocenters. The molecule has 1 aliphatic rings. The first-order valence-electron chi connectivity index (χ1n) is 10.4. The van der Waals surface area contributed by atoms with Gasteiger partial charge in [-0.1, -0.05) is 54.6 Å². The van der Waals surface area contributed by atoms with Crippen LogP contribution in [0.15, 0.2) is 100 Å². The molecule has 1 aliphatic heterocycles. The van der Waals surface area contributed by atoms with E-state index in [2.05, 4.69) is 69.0 Å². The summed E-state index contributed by atoms with van der Waals surface area (Å²) >= 11 is 0. The number of aryl methyl sites for hydroxylation is 2. The summed E-state index contributed by atoms with van der Waals surface area (Å²) in [5, 5.41) is 12.9. The molecule has 0 fully saturated rings. The molecule has 0 unspecified atom stereocenters. The second-order valence-electron chi connectivity index (χ2n) is 7.57. The number of hydrogen-bond acceptors (Lipinski definition) is 5. The third kappa shape index (κ3) is 4.67. The SMILES string of the molecule is c1cc(CCc2cccc(C3=NN=NC3)c2)cc(OCc2ccc3ccccc3n2)c1. The van der Waals surface area contributed by atoms with Gasteiger partial charge in [-0.25, -0.2) is 4.98 Å². The number of ether oxygens (including phenoxy) is 1. The molecule has 0 amide bonds. The van der Waals surface area contributed by atoms with E-state index in [1.807, 2.05) is 36.4 Å². The Morgan fingerprint density at radius 3 is 2.48 bits per heavy atom. The van der Waals surface area contributed by atoms with Crippen LogP contribution in [-0.2, 0) is 19.4 Å². The Kier molecular flexibility index (Phi) is 5.48. The Labute approximate surface area is 181 Å². The Balaban J connectivity index is 1.21. The van der Waals surface area contributed by atoms with Crippen LogP contribution in [-0.4, -0.2) is 17.2 Å². The molecule has 5 rings (SSSR count). The molecule has 0 radical (unpaired) electrons. The molecule has 2 heterocycles. The van der Waals surface area contributed by atoms with Crippen molar-refractivity contribution in [1.82, 2.24) is 4.98 Å². The summed E-state index contributed by atoms with van der Waals surface area (Å²) in [4.78, 5) is 4.68. The minimum Gasteiger partial charge on any atom is -0.487 e. The van der Waals surface area contributed by atoms with Gasteiger partial charge in [-0.05, 0) is 59.5 Å². The van der Waals surface area contributed by atoms with Crippen molar-refractivity contribution in [2.75, 3.05) is 6.54 Å². The summed E-state index contributed by atoms with van der Waals surface area (Å²) in [6.45, 7) is 1.02. The number of pyridine rings is 1. The van der Waals surface area contributed by atoms with Gasteiger partial charge in [0.25, 0.3) is 0 Å². The second kappa shape index (κ2) is 8.88. The summed E-state index contributed by atoms with van der Waals surface area (Å²) in [5.74, 6) is 0.866. The number of fused-ring (bicyclic) bond motifs is 1. The van der Waals surface area contributed by atoms with Gasteiger partial charge in [0.2, 0.25) is 0 Å². The van der Waals surface area contributed by atoms with Gasteiger partial charge >= 0.3 is 0 Å². The van der Waals surface area contributed by atoms with Gasteiger partial charge < -0.3 is 4.74 Å². The molecule has 5 nitrogen and oxygen atoms in total. The monoisotopic (exact) mass is 406 g/mol. The van der Waals surface area contributed by atoms with Crippen molar-refractivity contribution in [2.45, 2.75) is 19.4 Å². The molecule has 0 bridgehead atoms. The Morgan fingerprint density at radius 2 is 1.61 bits per heavy atom. The first kappa shape index (κ1) is 19.1. The fourth-order valence-corrected chi connectivity index (χ4v) is 3.70. The van der Waals surface area contributed by atoms with Crippen LogP contribution in [0.25, 0.3) is 10.9 Å². The average Bonchev–Trinajstić information content (AvgIpc) is 3.37. The highest BCUT2D eigenvalue weighted by molar-refractivity contribution is 6.02. The van der Waals surface area contributed by atoms with Crippen LogP contribution < -0.4 is 4.74 Å². The van der Waals surface area contributed by atoms with Crippen LogP contribution in [0.1, 0.15) is 22.4 Å². The number of benzene rings is 3. The summed E-state index contributed by atoms with van der Waals surface area (Å²) in [6, 6.07) is 29.0. The van der Waals surface area contributed by atoms with Crippen molar-refractivity contribution < 1.29 is 4.74 Å². The van der Waals surface area contributed by atoms with E-state index in [-0.39, 0.29) is 0 Å². The zero-order chi connectivity index (χ0) is 20.9. The van der Waals surface area contributed by atoms with Crippen molar-refractivity contribution in [3.05, 3.63) is 107 Å². The predicted molar refractivity (Wildman–Crippen MR) is 123 cm³/mol. The topological polar surface area (TPSA) is 59.2 Å². The van der Waals surface area contributed by atoms with E-state index in [0.29, 0.717) is 13.2 Å². The van der Waals surface area contributed by atoms with E-state index in [4.69, 9.17) is 4.74 Å². The summed E-state index contributed by atoms with van der Waals surface area (Å²) in [7, 11) is 0. The van der Waals surface area contributed by atoms with Gasteiger partial charge in [0.05, 0.1) is 16.9 Å². The second-order valence-corrected chi connectivity index (χ2v) is 7.57. The van der Waals surface area contributed by atoms with Crippen LogP contribution in [0.5, 0.6) is 5.75 Å². The fraction of sp³-hybridized carbons (Fsp3) is 0.154. The van der Waals surface area contributed by atoms with Gasteiger partial charge in [-0.2, -0.15) is 5.11 Å². The molecule has 3 aromatic carbocycles. The molecule has 0 saturated carbocycles. The smallest absolute Gasteiger partial charge is 0.130 e. The minimum absolute atomic E-state index is 0.453. The number of aromatic nitrogens is 1. The molecule has 0 spiro atoms. The molecular weight excluding hydrogens is 384 g/mol. The lowest BCUT2D eigenvalue weighted by atomic mass is 10.0. The van der Waals surface area contributed by atoms with Crippen LogP contribution in [0.2, 0.25) is 0 Å². The Hall–Kier alpha value is -3.86. The highest BCUT2D eigenvalue weighted by Crippen LogP contribution is 2.19. The lowest BCUT2D eigenvalue weighted by Gasteiger charge is -2.09. The van der Waals surface area contributed by atoms with Crippen LogP contribution in [0.4, 0.5) is 0 Å². The fourth-order valence-electron chi connectivity index (χ4n) is 3.70. The molecular formula is C26H22N4O. The van der Waals surface area contributed by atoms with Crippen LogP contribution >= 0.6 is 0 Å². The molecule has 5 heteroatoms. The van der Waals surface area contributed by atoms with E-state index >= 15 is 0 Å². The average molecular weight is 406 g/mol. The van der Waals surface area contributed by atoms with Gasteiger partial charge in [0.15, 0.2) is 0 Å². The van der Waals surface area contributed by atoms with Gasteiger partial charge in [-0.15, -0.1) is 5.10 Å². The van der Waals surface area contributed by atoms with Crippen molar-refractivity contribution in [3.63, 3.8) is 0 Å². The van der Waals surface area contributed by atoms with Gasteiger partial charge in [0, 0.05) is 10.9 Å². The third-order valence-electron chi connectivity index (χ3n) is 5.35. The quantitative estimate of drug-likeness (QED) is 0.391. The first-order valence-corrected chi connectivity index (χ1v) is 10.4. The molecule has 0 saturated heterocycles. The molecule has 0 aliphatic carbocycles. The zero-order valence-corrected chi connectivity index (χ0v) is 17.1. The van der Waals surface area contributed by atoms with E-state index in [1.165, 1.54) is 11.1 Å². The van der Waals surface area contributed by atoms with E-state index in [0.717, 1.165) is 46.5 Å². The summed E-state index contributed by atoms with van der Waals surface area (Å²) in [6.07, 6.45) is 1.89. The zero-order valence-electron chi connectivity index (χ0n) is 17.1. The molecule has 1 aromatic heterocycles. The van der Waals surface area contributed by atoms with Crippen LogP contribution in [0, 0.1) is 0 Å². The van der Waals surface area contributed by atoms with Crippen molar-refractivity contribution >= 4 is 16.6 Å². The first-order chi connectivity index (χ1) is 15.3. The summed E-state index contributed by atoms with van der Waals surface area (Å²) < 4.78 is 6.02. The normalized spacial score (nSPS) is 12.8. The number of hydrogen-bond donors (Lipinski definition) is 0. The largest absolute Gasteiger partial charge is 0.487 e. The van der Waals surface area contributed by atoms with Crippen molar-refractivity contribution in [1.29, 1.82) is 0 Å². The maximum Gasteiger partial charge on any atom is 0.130 e. The molecule has 0 N–H and O–H groups in total. The maximum atomic E-state index is 6.02. The molecule has 31 heavy (non-hydrogen) atoms. The minimum atomic E-state index is 0.453. The maximum absolute atomic E-state index is 6.02. The lowest BCUT2D eigenvalue weighted by Crippen LogP contribution is -2.02. The highest BCUT2D eigenvalue weighted by Gasteiger charge is 2.08. The van der Waals surface area contributed by atoms with E-state index < -0.39 is 0 Å². The summed E-state index contributed by atoms with van der Waals surface area (Å²) in [5.41, 5.74) is 6.47. The van der Waals surface area contributed by atoms with Crippen molar-refractivity contribution in [3.8, 4) is 5.75 Å². The van der Waals surface area contributed by atoms with Crippen LogP contribution in [0.3, 0.4) is 0 Å². The van der Waals surface area contributed by atoms with Gasteiger partial charge in [-0.3, -0.25) is 0 Å². The standard InChI is InChI=1S/C26H22N4O/c1-2-10-25-21(7-1)13-14-23(28-25)18-31-24-9-4-6-20(16-24)12-11-19-5-3-8-22(15-19)26-17-27-30-29-26/h1-10,13-16H,11-12,17-18H2. The van der Waals surface area contributed by atoms with Gasteiger partial charge in [0.1, 0.15) is 18.9 Å². The number of para-hydroxylation sites is 1. The molecule has 152 valence electrons. The predicted octanol–water partition coefficient (Wildman–Crippen LogP) is 5.77. The number of rotatable bonds is 7. The Bertz CT molecular complexity index is 1280. The number of nitrogens with zero attached hydrogens (tertiary/aromatic N) is 4. The van der Waals surface area contributed by atoms with E-state index in [9.17, 15) is 0 Å². The molecule has 4 aromatic rings. The Morgan fingerprint density at radius 1 is 0.774 bits per heavy atom. The lowest BCUT2D eigenvalue weighted by molar-refractivity contribution is 0.301. The van der Waals surface area contributed by atoms with E-state index in [1.54, 1.807) is 0 Å². The highest BCUT2D eigenvalue weighted by atomic mass is 16.5.